The van der Waals surface area contributed by atoms with Crippen LogP contribution in [0.1, 0.15) is 127 Å². The number of ether oxygens (including phenoxy) is 3. The zero-order valence-corrected chi connectivity index (χ0v) is 28.0. The van der Waals surface area contributed by atoms with Gasteiger partial charge in [0.2, 0.25) is 0 Å². The Bertz CT molecular complexity index is 1130. The number of nitrogens with one attached hydrogen (secondary N) is 1. The van der Waals surface area contributed by atoms with Crippen molar-refractivity contribution in [2.24, 2.45) is 0 Å². The molecule has 0 aromatic heterocycles. The quantitative estimate of drug-likeness (QED) is 0.0709. The van der Waals surface area contributed by atoms with Crippen LogP contribution in [0.3, 0.4) is 0 Å². The van der Waals surface area contributed by atoms with Gasteiger partial charge in [-0.05, 0) is 62.1 Å². The van der Waals surface area contributed by atoms with E-state index in [-0.39, 0.29) is 13.2 Å². The zero-order chi connectivity index (χ0) is 31.8. The highest BCUT2D eigenvalue weighted by molar-refractivity contribution is 6.33. The topological polar surface area (TPSA) is 73.9 Å². The van der Waals surface area contributed by atoms with E-state index in [2.05, 4.69) is 24.4 Å². The van der Waals surface area contributed by atoms with Crippen LogP contribution in [0.4, 0.5) is 5.69 Å². The van der Waals surface area contributed by atoms with Gasteiger partial charge >= 0.3 is 11.9 Å². The molecule has 0 aliphatic rings. The van der Waals surface area contributed by atoms with Gasteiger partial charge in [0.15, 0.2) is 0 Å². The van der Waals surface area contributed by atoms with Crippen LogP contribution in [0.2, 0.25) is 5.02 Å². The molecule has 1 N–H and O–H groups in total. The molecule has 2 aromatic carbocycles. The van der Waals surface area contributed by atoms with Crippen LogP contribution in [-0.4, -0.2) is 31.8 Å². The summed E-state index contributed by atoms with van der Waals surface area (Å²) < 4.78 is 16.3. The number of allylic oxidation sites excluding steroid dienone is 1. The highest BCUT2D eigenvalue weighted by Crippen LogP contribution is 2.26. The lowest BCUT2D eigenvalue weighted by Gasteiger charge is -2.13. The molecule has 2 rings (SSSR count). The van der Waals surface area contributed by atoms with Crippen molar-refractivity contribution in [3.8, 4) is 5.75 Å². The molecule has 0 saturated carbocycles. The highest BCUT2D eigenvalue weighted by atomic mass is 35.5. The van der Waals surface area contributed by atoms with E-state index in [4.69, 9.17) is 25.8 Å². The van der Waals surface area contributed by atoms with Crippen LogP contribution in [-0.2, 0) is 20.7 Å². The molecule has 2 aromatic rings. The number of hydrogen-bond donors (Lipinski definition) is 1. The molecular weight excluding hydrogens is 574 g/mol. The van der Waals surface area contributed by atoms with Crippen molar-refractivity contribution in [3.05, 3.63) is 70.4 Å². The van der Waals surface area contributed by atoms with E-state index in [1.807, 2.05) is 19.1 Å². The Kier molecular flexibility index (Phi) is 19.8. The summed E-state index contributed by atoms with van der Waals surface area (Å²) in [6.45, 7) is 6.60. The van der Waals surface area contributed by atoms with Crippen molar-refractivity contribution in [2.45, 2.75) is 117 Å². The van der Waals surface area contributed by atoms with Crippen LogP contribution in [0.25, 0.3) is 0 Å². The van der Waals surface area contributed by atoms with Crippen LogP contribution in [0.15, 0.2) is 54.2 Å². The SMILES string of the molecule is CCCCCCCCCCCCCCCc1cccc(OCCOC(=O)c2ccc(Cl)c(NC(=CC(=O)OCC)CC)c2)c1. The van der Waals surface area contributed by atoms with Gasteiger partial charge in [0.05, 0.1) is 22.9 Å². The lowest BCUT2D eigenvalue weighted by atomic mass is 10.0. The fourth-order valence-corrected chi connectivity index (χ4v) is 5.15. The van der Waals surface area contributed by atoms with Crippen molar-refractivity contribution in [1.82, 2.24) is 0 Å². The zero-order valence-electron chi connectivity index (χ0n) is 27.3. The first-order valence-corrected chi connectivity index (χ1v) is 17.2. The number of carbonyl (C=O) groups excluding carboxylic acids is 2. The summed E-state index contributed by atoms with van der Waals surface area (Å²) in [5.74, 6) is -0.128. The van der Waals surface area contributed by atoms with E-state index in [1.165, 1.54) is 95.1 Å². The molecule has 244 valence electrons. The Morgan fingerprint density at radius 1 is 0.773 bits per heavy atom. The van der Waals surface area contributed by atoms with Gasteiger partial charge in [-0.25, -0.2) is 9.59 Å². The number of anilines is 1. The lowest BCUT2D eigenvalue weighted by Crippen LogP contribution is -2.13. The van der Waals surface area contributed by atoms with Gasteiger partial charge < -0.3 is 19.5 Å². The molecule has 44 heavy (non-hydrogen) atoms. The Morgan fingerprint density at radius 3 is 2.07 bits per heavy atom. The minimum absolute atomic E-state index is 0.121. The second kappa shape index (κ2) is 23.4. The summed E-state index contributed by atoms with van der Waals surface area (Å²) >= 11 is 6.32. The Balaban J connectivity index is 1.65. The predicted octanol–water partition coefficient (Wildman–Crippen LogP) is 10.5. The third-order valence-electron chi connectivity index (χ3n) is 7.51. The van der Waals surface area contributed by atoms with E-state index < -0.39 is 11.9 Å². The Morgan fingerprint density at radius 2 is 1.43 bits per heavy atom. The fourth-order valence-electron chi connectivity index (χ4n) is 4.99. The minimum atomic E-state index is -0.475. The molecule has 0 aliphatic carbocycles. The van der Waals surface area contributed by atoms with Gasteiger partial charge in [0.25, 0.3) is 0 Å². The minimum Gasteiger partial charge on any atom is -0.490 e. The maximum atomic E-state index is 12.7. The van der Waals surface area contributed by atoms with Crippen LogP contribution in [0.5, 0.6) is 5.75 Å². The molecule has 0 unspecified atom stereocenters. The molecule has 0 atom stereocenters. The Labute approximate surface area is 270 Å². The summed E-state index contributed by atoms with van der Waals surface area (Å²) in [6.07, 6.45) is 20.6. The first kappa shape index (κ1) is 37.2. The first-order chi connectivity index (χ1) is 21.5. The van der Waals surface area contributed by atoms with Gasteiger partial charge in [-0.15, -0.1) is 0 Å². The van der Waals surface area contributed by atoms with Crippen molar-refractivity contribution in [1.29, 1.82) is 0 Å². The van der Waals surface area contributed by atoms with Crippen molar-refractivity contribution < 1.29 is 23.8 Å². The molecular formula is C37H54ClNO5. The van der Waals surface area contributed by atoms with Crippen molar-refractivity contribution >= 4 is 29.2 Å². The molecule has 0 amide bonds. The van der Waals surface area contributed by atoms with Gasteiger partial charge in [-0.2, -0.15) is 0 Å². The summed E-state index contributed by atoms with van der Waals surface area (Å²) in [5.41, 5.74) is 2.76. The normalized spacial score (nSPS) is 11.3. The maximum absolute atomic E-state index is 12.7. The second-order valence-electron chi connectivity index (χ2n) is 11.2. The van der Waals surface area contributed by atoms with E-state index in [9.17, 15) is 9.59 Å². The van der Waals surface area contributed by atoms with E-state index in [1.54, 1.807) is 25.1 Å². The predicted molar refractivity (Wildman–Crippen MR) is 182 cm³/mol. The molecule has 0 heterocycles. The van der Waals surface area contributed by atoms with Crippen molar-refractivity contribution in [3.63, 3.8) is 0 Å². The number of halogens is 1. The largest absolute Gasteiger partial charge is 0.490 e. The van der Waals surface area contributed by atoms with Gasteiger partial charge in [-0.3, -0.25) is 0 Å². The number of hydrogen-bond acceptors (Lipinski definition) is 6. The van der Waals surface area contributed by atoms with Gasteiger partial charge in [0.1, 0.15) is 19.0 Å². The molecule has 0 bridgehead atoms. The van der Waals surface area contributed by atoms with Crippen LogP contribution in [0, 0.1) is 0 Å². The van der Waals surface area contributed by atoms with Gasteiger partial charge in [0, 0.05) is 11.8 Å². The molecule has 0 radical (unpaired) electrons. The standard InChI is InChI=1S/C37H54ClNO5/c1-4-7-8-9-10-11-12-13-14-15-16-17-18-20-30-21-19-22-33(27-30)43-25-26-44-37(41)31-23-24-34(38)35(28-31)39-32(5-2)29-36(40)42-6-3/h19,21-24,27-29,39H,4-18,20,25-26H2,1-3H3. The molecule has 0 fully saturated rings. The van der Waals surface area contributed by atoms with E-state index >= 15 is 0 Å². The summed E-state index contributed by atoms with van der Waals surface area (Å²) in [7, 11) is 0. The van der Waals surface area contributed by atoms with Gasteiger partial charge in [-0.1, -0.05) is 115 Å². The number of aryl methyl sites for hydroxylation is 1. The number of benzene rings is 2. The number of rotatable bonds is 24. The molecule has 0 aliphatic heterocycles. The van der Waals surface area contributed by atoms with Crippen LogP contribution >= 0.6 is 11.6 Å². The van der Waals surface area contributed by atoms with E-state index in [0.29, 0.717) is 35.0 Å². The highest BCUT2D eigenvalue weighted by Gasteiger charge is 2.12. The molecule has 7 heteroatoms. The monoisotopic (exact) mass is 627 g/mol. The summed E-state index contributed by atoms with van der Waals surface area (Å²) in [5, 5.41) is 3.53. The van der Waals surface area contributed by atoms with Crippen molar-refractivity contribution in [2.75, 3.05) is 25.1 Å². The number of esters is 2. The fraction of sp³-hybridized carbons (Fsp3) is 0.568. The molecule has 0 spiro atoms. The summed E-state index contributed by atoms with van der Waals surface area (Å²) in [4.78, 5) is 24.5. The third-order valence-corrected chi connectivity index (χ3v) is 7.84. The maximum Gasteiger partial charge on any atom is 0.338 e. The molecule has 0 saturated heterocycles. The summed E-state index contributed by atoms with van der Waals surface area (Å²) in [6, 6.07) is 13.0. The first-order valence-electron chi connectivity index (χ1n) is 16.8. The van der Waals surface area contributed by atoms with Crippen LogP contribution < -0.4 is 10.1 Å². The number of unbranched alkanes of at least 4 members (excludes halogenated alkanes) is 12. The average Bonchev–Trinajstić information content (AvgIpc) is 3.02. The third kappa shape index (κ3) is 16.2. The molecule has 6 nitrogen and oxygen atoms in total. The second-order valence-corrected chi connectivity index (χ2v) is 11.6. The van der Waals surface area contributed by atoms with E-state index in [0.717, 1.165) is 12.2 Å². The Hall–Kier alpha value is -2.99. The number of carbonyl (C=O) groups is 2. The smallest absolute Gasteiger partial charge is 0.338 e. The average molecular weight is 628 g/mol. The lowest BCUT2D eigenvalue weighted by molar-refractivity contribution is -0.137.